The molecule has 3 rings (SSSR count). The second-order valence-corrected chi connectivity index (χ2v) is 5.50. The highest BCUT2D eigenvalue weighted by atomic mass is 16.2. The van der Waals surface area contributed by atoms with Gasteiger partial charge in [-0.1, -0.05) is 0 Å². The van der Waals surface area contributed by atoms with Crippen LogP contribution in [0.15, 0.2) is 18.3 Å². The van der Waals surface area contributed by atoms with Crippen molar-refractivity contribution in [2.75, 3.05) is 44.2 Å². The fourth-order valence-electron chi connectivity index (χ4n) is 2.95. The minimum absolute atomic E-state index is 0.0237. The number of aromatic nitrogens is 1. The Kier molecular flexibility index (Phi) is 4.03. The van der Waals surface area contributed by atoms with E-state index in [1.54, 1.807) is 11.1 Å². The van der Waals surface area contributed by atoms with Crippen molar-refractivity contribution in [1.82, 2.24) is 14.8 Å². The van der Waals surface area contributed by atoms with Crippen LogP contribution in [0.2, 0.25) is 0 Å². The van der Waals surface area contributed by atoms with Gasteiger partial charge >= 0.3 is 0 Å². The summed E-state index contributed by atoms with van der Waals surface area (Å²) in [6, 6.07) is 3.67. The van der Waals surface area contributed by atoms with Crippen molar-refractivity contribution < 1.29 is 9.59 Å². The summed E-state index contributed by atoms with van der Waals surface area (Å²) in [4.78, 5) is 33.6. The van der Waals surface area contributed by atoms with E-state index in [0.29, 0.717) is 31.7 Å². The fraction of sp³-hybridized carbons (Fsp3) is 0.533. The highest BCUT2D eigenvalue weighted by molar-refractivity contribution is 5.99. The van der Waals surface area contributed by atoms with Crippen molar-refractivity contribution in [2.45, 2.75) is 12.8 Å². The van der Waals surface area contributed by atoms with Gasteiger partial charge in [-0.3, -0.25) is 9.59 Å². The van der Waals surface area contributed by atoms with Crippen molar-refractivity contribution in [3.8, 4) is 0 Å². The predicted molar refractivity (Wildman–Crippen MR) is 79.2 cm³/mol. The molecule has 1 aromatic heterocycles. The maximum Gasteiger partial charge on any atom is 0.257 e. The van der Waals surface area contributed by atoms with Gasteiger partial charge in [0.25, 0.3) is 5.91 Å². The second kappa shape index (κ2) is 6.11. The largest absolute Gasteiger partial charge is 0.356 e. The van der Waals surface area contributed by atoms with Gasteiger partial charge in [0.1, 0.15) is 5.82 Å². The zero-order valence-electron chi connectivity index (χ0n) is 12.1. The van der Waals surface area contributed by atoms with E-state index in [1.165, 1.54) is 0 Å². The maximum atomic E-state index is 12.7. The molecule has 1 aromatic rings. The lowest BCUT2D eigenvalue weighted by atomic mass is 10.2. The molecule has 0 radical (unpaired) electrons. The van der Waals surface area contributed by atoms with Crippen molar-refractivity contribution in [1.29, 1.82) is 0 Å². The highest BCUT2D eigenvalue weighted by Gasteiger charge is 2.26. The van der Waals surface area contributed by atoms with Crippen LogP contribution in [0.25, 0.3) is 0 Å². The predicted octanol–water partition coefficient (Wildman–Crippen LogP) is 0.596. The van der Waals surface area contributed by atoms with Crippen molar-refractivity contribution in [3.63, 3.8) is 0 Å². The third-order valence-electron chi connectivity index (χ3n) is 4.17. The summed E-state index contributed by atoms with van der Waals surface area (Å²) in [5, 5.41) is 0. The molecule has 0 N–H and O–H groups in total. The van der Waals surface area contributed by atoms with E-state index in [-0.39, 0.29) is 5.91 Å². The topological polar surface area (TPSA) is 56.8 Å². The number of amides is 2. The van der Waals surface area contributed by atoms with Crippen LogP contribution in [0, 0.1) is 0 Å². The summed E-state index contributed by atoms with van der Waals surface area (Å²) < 4.78 is 0. The zero-order chi connectivity index (χ0) is 14.7. The van der Waals surface area contributed by atoms with Gasteiger partial charge in [-0.25, -0.2) is 4.98 Å². The Morgan fingerprint density at radius 1 is 1.10 bits per heavy atom. The SMILES string of the molecule is O=CN1CCN(C(=O)c2cccnc2N2CCCC2)CC1. The number of hydrogen-bond acceptors (Lipinski definition) is 4. The van der Waals surface area contributed by atoms with Crippen molar-refractivity contribution in [2.24, 2.45) is 0 Å². The van der Waals surface area contributed by atoms with Crippen LogP contribution in [-0.4, -0.2) is 66.4 Å². The zero-order valence-corrected chi connectivity index (χ0v) is 12.1. The molecule has 112 valence electrons. The van der Waals surface area contributed by atoms with Gasteiger partial charge in [0.2, 0.25) is 6.41 Å². The van der Waals surface area contributed by atoms with Gasteiger partial charge < -0.3 is 14.7 Å². The van der Waals surface area contributed by atoms with Gasteiger partial charge in [0.15, 0.2) is 0 Å². The van der Waals surface area contributed by atoms with Gasteiger partial charge in [-0.05, 0) is 25.0 Å². The van der Waals surface area contributed by atoms with E-state index in [1.807, 2.05) is 17.0 Å². The summed E-state index contributed by atoms with van der Waals surface area (Å²) in [6.07, 6.45) is 4.90. The maximum absolute atomic E-state index is 12.7. The van der Waals surface area contributed by atoms with E-state index in [4.69, 9.17) is 0 Å². The van der Waals surface area contributed by atoms with E-state index >= 15 is 0 Å². The number of pyridine rings is 1. The molecule has 3 heterocycles. The van der Waals surface area contributed by atoms with Crippen LogP contribution in [0.4, 0.5) is 5.82 Å². The third-order valence-corrected chi connectivity index (χ3v) is 4.17. The molecule has 2 fully saturated rings. The first-order valence-corrected chi connectivity index (χ1v) is 7.48. The number of piperazine rings is 1. The van der Waals surface area contributed by atoms with Gasteiger partial charge in [-0.15, -0.1) is 0 Å². The fourth-order valence-corrected chi connectivity index (χ4v) is 2.95. The summed E-state index contributed by atoms with van der Waals surface area (Å²) in [5.74, 6) is 0.827. The summed E-state index contributed by atoms with van der Waals surface area (Å²) in [5.41, 5.74) is 0.680. The Labute approximate surface area is 124 Å². The lowest BCUT2D eigenvalue weighted by molar-refractivity contribution is -0.119. The molecule has 2 aliphatic heterocycles. The van der Waals surface area contributed by atoms with Crippen LogP contribution >= 0.6 is 0 Å². The molecular formula is C15H20N4O2. The summed E-state index contributed by atoms with van der Waals surface area (Å²) in [6.45, 7) is 4.33. The quantitative estimate of drug-likeness (QED) is 0.764. The number of carbonyl (C=O) groups excluding carboxylic acids is 2. The molecular weight excluding hydrogens is 268 g/mol. The first-order chi connectivity index (χ1) is 10.3. The molecule has 2 amide bonds. The first-order valence-electron chi connectivity index (χ1n) is 7.48. The Balaban J connectivity index is 1.77. The van der Waals surface area contributed by atoms with Crippen molar-refractivity contribution in [3.05, 3.63) is 23.9 Å². The molecule has 0 bridgehead atoms. The Bertz CT molecular complexity index is 520. The van der Waals surface area contributed by atoms with E-state index < -0.39 is 0 Å². The minimum Gasteiger partial charge on any atom is -0.356 e. The van der Waals surface area contributed by atoms with Crippen LogP contribution in [0.3, 0.4) is 0 Å². The number of carbonyl (C=O) groups is 2. The van der Waals surface area contributed by atoms with Crippen LogP contribution in [0.1, 0.15) is 23.2 Å². The molecule has 0 spiro atoms. The molecule has 0 unspecified atom stereocenters. The molecule has 2 saturated heterocycles. The third kappa shape index (κ3) is 2.84. The second-order valence-electron chi connectivity index (χ2n) is 5.50. The van der Waals surface area contributed by atoms with Crippen LogP contribution < -0.4 is 4.90 Å². The summed E-state index contributed by atoms with van der Waals surface area (Å²) >= 11 is 0. The average molecular weight is 288 g/mol. The number of anilines is 1. The van der Waals surface area contributed by atoms with Gasteiger partial charge in [0.05, 0.1) is 5.56 Å². The van der Waals surface area contributed by atoms with E-state index in [9.17, 15) is 9.59 Å². The smallest absolute Gasteiger partial charge is 0.257 e. The molecule has 0 saturated carbocycles. The van der Waals surface area contributed by atoms with Gasteiger partial charge in [0, 0.05) is 45.5 Å². The standard InChI is InChI=1S/C15H20N4O2/c20-12-17-8-10-19(11-9-17)15(21)13-4-3-5-16-14(13)18-6-1-2-7-18/h3-5,12H,1-2,6-11H2. The minimum atomic E-state index is 0.0237. The van der Waals surface area contributed by atoms with Crippen LogP contribution in [0.5, 0.6) is 0 Å². The highest BCUT2D eigenvalue weighted by Crippen LogP contribution is 2.23. The lowest BCUT2D eigenvalue weighted by Crippen LogP contribution is -2.48. The lowest BCUT2D eigenvalue weighted by Gasteiger charge is -2.33. The molecule has 0 aliphatic carbocycles. The molecule has 6 heteroatoms. The average Bonchev–Trinajstić information content (AvgIpc) is 3.08. The molecule has 6 nitrogen and oxygen atoms in total. The number of hydrogen-bond donors (Lipinski definition) is 0. The Hall–Kier alpha value is -2.11. The van der Waals surface area contributed by atoms with E-state index in [0.717, 1.165) is 38.2 Å². The number of nitrogens with zero attached hydrogens (tertiary/aromatic N) is 4. The van der Waals surface area contributed by atoms with Crippen LogP contribution in [-0.2, 0) is 4.79 Å². The molecule has 2 aliphatic rings. The molecule has 0 atom stereocenters. The Morgan fingerprint density at radius 3 is 2.48 bits per heavy atom. The monoisotopic (exact) mass is 288 g/mol. The summed E-state index contributed by atoms with van der Waals surface area (Å²) in [7, 11) is 0. The normalized spacial score (nSPS) is 19.0. The van der Waals surface area contributed by atoms with Gasteiger partial charge in [-0.2, -0.15) is 0 Å². The molecule has 0 aromatic carbocycles. The Morgan fingerprint density at radius 2 is 1.81 bits per heavy atom. The molecule has 21 heavy (non-hydrogen) atoms. The number of rotatable bonds is 3. The van der Waals surface area contributed by atoms with Crippen molar-refractivity contribution >= 4 is 18.1 Å². The first kappa shape index (κ1) is 13.9. The van der Waals surface area contributed by atoms with E-state index in [2.05, 4.69) is 9.88 Å².